The molecule has 0 unspecified atom stereocenters. The third kappa shape index (κ3) is 4.65. The maximum atomic E-state index is 13.5. The standard InChI is InChI=1S/C19H12F5N3O2/c20-15-13(16(21)18(23)19(24)17(15)22)10-29-14(28)7-6-12-9-27(26-25-12)8-11-4-2-1-3-5-11/h1-7,9H,8,10H2/b7-6+. The number of hydrogen-bond acceptors (Lipinski definition) is 4. The minimum Gasteiger partial charge on any atom is -0.457 e. The molecule has 0 atom stereocenters. The van der Waals surface area contributed by atoms with Gasteiger partial charge >= 0.3 is 5.97 Å². The second-order valence-electron chi connectivity index (χ2n) is 5.82. The zero-order chi connectivity index (χ0) is 21.0. The number of benzene rings is 2. The van der Waals surface area contributed by atoms with E-state index in [0.717, 1.165) is 11.6 Å². The predicted molar refractivity (Wildman–Crippen MR) is 90.6 cm³/mol. The molecule has 0 N–H and O–H groups in total. The Kier molecular flexibility index (Phi) is 6.01. The van der Waals surface area contributed by atoms with E-state index in [1.807, 2.05) is 30.3 Å². The SMILES string of the molecule is O=C(/C=C/c1cn(Cc2ccccc2)nn1)OCc1c(F)c(F)c(F)c(F)c1F. The van der Waals surface area contributed by atoms with Gasteiger partial charge in [0.15, 0.2) is 23.3 Å². The molecule has 10 heteroatoms. The van der Waals surface area contributed by atoms with E-state index in [2.05, 4.69) is 15.0 Å². The number of rotatable bonds is 6. The van der Waals surface area contributed by atoms with E-state index in [9.17, 15) is 26.7 Å². The van der Waals surface area contributed by atoms with Gasteiger partial charge in [-0.15, -0.1) is 5.10 Å². The van der Waals surface area contributed by atoms with Crippen molar-refractivity contribution < 1.29 is 31.5 Å². The summed E-state index contributed by atoms with van der Waals surface area (Å²) in [4.78, 5) is 11.7. The number of carbonyl (C=O) groups is 1. The Labute approximate surface area is 161 Å². The Morgan fingerprint density at radius 2 is 1.59 bits per heavy atom. The van der Waals surface area contributed by atoms with Crippen molar-refractivity contribution in [3.8, 4) is 0 Å². The lowest BCUT2D eigenvalue weighted by Gasteiger charge is -2.08. The molecule has 0 spiro atoms. The monoisotopic (exact) mass is 409 g/mol. The molecule has 29 heavy (non-hydrogen) atoms. The van der Waals surface area contributed by atoms with Crippen molar-refractivity contribution in [1.29, 1.82) is 0 Å². The highest BCUT2D eigenvalue weighted by molar-refractivity contribution is 5.86. The minimum absolute atomic E-state index is 0.300. The molecule has 0 amide bonds. The maximum Gasteiger partial charge on any atom is 0.331 e. The van der Waals surface area contributed by atoms with E-state index in [4.69, 9.17) is 0 Å². The lowest BCUT2D eigenvalue weighted by atomic mass is 10.2. The molecule has 0 fully saturated rings. The van der Waals surface area contributed by atoms with Gasteiger partial charge in [0.2, 0.25) is 5.82 Å². The first-order valence-corrected chi connectivity index (χ1v) is 8.16. The third-order valence-electron chi connectivity index (χ3n) is 3.79. The van der Waals surface area contributed by atoms with Crippen LogP contribution in [-0.4, -0.2) is 21.0 Å². The van der Waals surface area contributed by atoms with Crippen LogP contribution in [0.5, 0.6) is 0 Å². The number of nitrogens with zero attached hydrogens (tertiary/aromatic N) is 3. The van der Waals surface area contributed by atoms with Gasteiger partial charge < -0.3 is 4.74 Å². The average Bonchev–Trinajstić information content (AvgIpc) is 3.17. The molecular formula is C19H12F5N3O2. The van der Waals surface area contributed by atoms with Gasteiger partial charge in [0.1, 0.15) is 12.3 Å². The van der Waals surface area contributed by atoms with E-state index in [1.54, 1.807) is 6.20 Å². The zero-order valence-electron chi connectivity index (χ0n) is 14.6. The topological polar surface area (TPSA) is 57.0 Å². The summed E-state index contributed by atoms with van der Waals surface area (Å²) in [5, 5.41) is 7.70. The molecule has 0 saturated carbocycles. The maximum absolute atomic E-state index is 13.5. The van der Waals surface area contributed by atoms with Crippen LogP contribution in [0.3, 0.4) is 0 Å². The van der Waals surface area contributed by atoms with Crippen molar-refractivity contribution in [3.63, 3.8) is 0 Å². The van der Waals surface area contributed by atoms with Crippen LogP contribution in [0.25, 0.3) is 6.08 Å². The fourth-order valence-electron chi connectivity index (χ4n) is 2.36. The molecular weight excluding hydrogens is 397 g/mol. The molecule has 3 rings (SSSR count). The fraction of sp³-hybridized carbons (Fsp3) is 0.105. The molecule has 0 saturated heterocycles. The van der Waals surface area contributed by atoms with Crippen LogP contribution in [-0.2, 0) is 22.7 Å². The second-order valence-corrected chi connectivity index (χ2v) is 5.82. The summed E-state index contributed by atoms with van der Waals surface area (Å²) >= 11 is 0. The Bertz CT molecular complexity index is 1040. The molecule has 1 heterocycles. The quantitative estimate of drug-likeness (QED) is 0.204. The van der Waals surface area contributed by atoms with E-state index in [1.165, 1.54) is 10.8 Å². The number of aromatic nitrogens is 3. The highest BCUT2D eigenvalue weighted by Crippen LogP contribution is 2.23. The summed E-state index contributed by atoms with van der Waals surface area (Å²) < 4.78 is 72.4. The summed E-state index contributed by atoms with van der Waals surface area (Å²) in [6, 6.07) is 9.40. The van der Waals surface area contributed by atoms with Crippen LogP contribution in [0, 0.1) is 29.1 Å². The van der Waals surface area contributed by atoms with E-state index < -0.39 is 47.2 Å². The van der Waals surface area contributed by atoms with Gasteiger partial charge in [-0.3, -0.25) is 0 Å². The molecule has 2 aromatic carbocycles. The molecule has 0 radical (unpaired) electrons. The third-order valence-corrected chi connectivity index (χ3v) is 3.79. The summed E-state index contributed by atoms with van der Waals surface area (Å²) in [5.41, 5.74) is 0.0428. The van der Waals surface area contributed by atoms with Gasteiger partial charge in [-0.2, -0.15) is 0 Å². The molecule has 0 aliphatic carbocycles. The van der Waals surface area contributed by atoms with Crippen molar-refractivity contribution in [2.24, 2.45) is 0 Å². The Hall–Kier alpha value is -3.56. The van der Waals surface area contributed by atoms with Gasteiger partial charge in [-0.05, 0) is 11.6 Å². The van der Waals surface area contributed by atoms with Crippen LogP contribution in [0.15, 0.2) is 42.6 Å². The van der Waals surface area contributed by atoms with Gasteiger partial charge in [0.05, 0.1) is 18.3 Å². The fourth-order valence-corrected chi connectivity index (χ4v) is 2.36. The van der Waals surface area contributed by atoms with Gasteiger partial charge in [-0.25, -0.2) is 31.4 Å². The van der Waals surface area contributed by atoms with E-state index in [-0.39, 0.29) is 0 Å². The van der Waals surface area contributed by atoms with Crippen LogP contribution < -0.4 is 0 Å². The van der Waals surface area contributed by atoms with Crippen molar-refractivity contribution in [1.82, 2.24) is 15.0 Å². The van der Waals surface area contributed by atoms with Crippen molar-refractivity contribution in [2.45, 2.75) is 13.2 Å². The van der Waals surface area contributed by atoms with Crippen molar-refractivity contribution in [2.75, 3.05) is 0 Å². The summed E-state index contributed by atoms with van der Waals surface area (Å²) in [5.74, 6) is -11.7. The number of esters is 1. The zero-order valence-corrected chi connectivity index (χ0v) is 14.6. The smallest absolute Gasteiger partial charge is 0.331 e. The number of carbonyl (C=O) groups excluding carboxylic acids is 1. The molecule has 0 aliphatic rings. The van der Waals surface area contributed by atoms with Crippen LogP contribution in [0.1, 0.15) is 16.8 Å². The summed E-state index contributed by atoms with van der Waals surface area (Å²) in [6.45, 7) is -0.679. The molecule has 1 aromatic heterocycles. The summed E-state index contributed by atoms with van der Waals surface area (Å²) in [7, 11) is 0. The van der Waals surface area contributed by atoms with Crippen LogP contribution in [0.4, 0.5) is 22.0 Å². The average molecular weight is 409 g/mol. The molecule has 5 nitrogen and oxygen atoms in total. The van der Waals surface area contributed by atoms with Gasteiger partial charge in [0.25, 0.3) is 0 Å². The largest absolute Gasteiger partial charge is 0.457 e. The minimum atomic E-state index is -2.28. The highest BCUT2D eigenvalue weighted by atomic mass is 19.2. The van der Waals surface area contributed by atoms with Crippen molar-refractivity contribution in [3.05, 3.63) is 88.5 Å². The van der Waals surface area contributed by atoms with Crippen LogP contribution >= 0.6 is 0 Å². The predicted octanol–water partition coefficient (Wildman–Crippen LogP) is 3.78. The molecule has 150 valence electrons. The second kappa shape index (κ2) is 8.63. The molecule has 0 bridgehead atoms. The number of halogens is 5. The number of hydrogen-bond donors (Lipinski definition) is 0. The Morgan fingerprint density at radius 1 is 0.966 bits per heavy atom. The van der Waals surface area contributed by atoms with Crippen molar-refractivity contribution >= 4 is 12.0 Å². The Balaban J connectivity index is 1.61. The normalized spacial score (nSPS) is 11.2. The lowest BCUT2D eigenvalue weighted by molar-refractivity contribution is -0.139. The molecule has 0 aliphatic heterocycles. The Morgan fingerprint density at radius 3 is 2.24 bits per heavy atom. The first-order valence-electron chi connectivity index (χ1n) is 8.16. The first-order chi connectivity index (χ1) is 13.9. The highest BCUT2D eigenvalue weighted by Gasteiger charge is 2.26. The van der Waals surface area contributed by atoms with Gasteiger partial charge in [0, 0.05) is 6.08 Å². The number of ether oxygens (including phenoxy) is 1. The molecule has 3 aromatic rings. The van der Waals surface area contributed by atoms with E-state index in [0.29, 0.717) is 12.2 Å². The van der Waals surface area contributed by atoms with E-state index >= 15 is 0 Å². The lowest BCUT2D eigenvalue weighted by Crippen LogP contribution is -2.10. The summed E-state index contributed by atoms with van der Waals surface area (Å²) in [6.07, 6.45) is 3.67. The van der Waals surface area contributed by atoms with Crippen LogP contribution in [0.2, 0.25) is 0 Å². The van der Waals surface area contributed by atoms with Gasteiger partial charge in [-0.1, -0.05) is 35.5 Å². The first kappa shape index (κ1) is 20.2.